The number of nitrogens with one attached hydrogen (secondary N) is 1. The Kier molecular flexibility index (Phi) is 6.61. The summed E-state index contributed by atoms with van der Waals surface area (Å²) >= 11 is 0. The molecule has 2 aliphatic heterocycles. The SMILES string of the molecule is C[C@@H]1CN(c2cnc(C(F)(F)F)c3ncccc23)C[C@H](CNCC2CN(C)CCO2)O1. The summed E-state index contributed by atoms with van der Waals surface area (Å²) in [4.78, 5) is 12.0. The molecule has 0 spiro atoms. The third kappa shape index (κ3) is 5.25. The van der Waals surface area contributed by atoms with Crippen LogP contribution < -0.4 is 10.2 Å². The zero-order chi connectivity index (χ0) is 22.0. The molecular weight excluding hydrogens is 411 g/mol. The first-order valence-electron chi connectivity index (χ1n) is 10.5. The van der Waals surface area contributed by atoms with E-state index in [9.17, 15) is 13.2 Å². The van der Waals surface area contributed by atoms with Crippen LogP contribution in [0.2, 0.25) is 0 Å². The molecule has 3 atom stereocenters. The Bertz CT molecular complexity index is 897. The molecule has 2 aromatic rings. The van der Waals surface area contributed by atoms with E-state index >= 15 is 0 Å². The maximum atomic E-state index is 13.4. The molecule has 2 fully saturated rings. The van der Waals surface area contributed by atoms with Crippen molar-refractivity contribution in [2.45, 2.75) is 31.4 Å². The standard InChI is InChI=1S/C21H28F3N5O2/c1-14-11-29(13-16(31-14)9-25-8-15-12-28(2)6-7-30-15)18-10-27-20(21(22,23)24)19-17(18)4-3-5-26-19/h3-5,10,14-16,25H,6-9,11-13H2,1-2H3/t14-,15?,16+/m1/s1. The quantitative estimate of drug-likeness (QED) is 0.766. The van der Waals surface area contributed by atoms with Crippen LogP contribution in [-0.2, 0) is 15.7 Å². The Balaban J connectivity index is 1.46. The highest BCUT2D eigenvalue weighted by Crippen LogP contribution is 2.36. The molecule has 0 bridgehead atoms. The van der Waals surface area contributed by atoms with E-state index in [-0.39, 0.29) is 23.8 Å². The molecule has 0 amide bonds. The van der Waals surface area contributed by atoms with Crippen LogP contribution in [0.3, 0.4) is 0 Å². The molecule has 7 nitrogen and oxygen atoms in total. The molecule has 2 aliphatic rings. The predicted octanol–water partition coefficient (Wildman–Crippen LogP) is 2.16. The number of halogens is 3. The number of nitrogens with zero attached hydrogens (tertiary/aromatic N) is 4. The molecule has 4 rings (SSSR count). The van der Waals surface area contributed by atoms with Gasteiger partial charge in [0.05, 0.1) is 36.8 Å². The smallest absolute Gasteiger partial charge is 0.374 e. The van der Waals surface area contributed by atoms with Crippen LogP contribution in [0, 0.1) is 0 Å². The molecule has 2 saturated heterocycles. The van der Waals surface area contributed by atoms with E-state index in [1.54, 1.807) is 12.1 Å². The van der Waals surface area contributed by atoms with E-state index in [4.69, 9.17) is 9.47 Å². The Labute approximate surface area is 179 Å². The number of aromatic nitrogens is 2. The summed E-state index contributed by atoms with van der Waals surface area (Å²) in [6.45, 7) is 7.02. The Morgan fingerprint density at radius 2 is 1.97 bits per heavy atom. The maximum Gasteiger partial charge on any atom is 0.435 e. The van der Waals surface area contributed by atoms with Crippen molar-refractivity contribution in [2.75, 3.05) is 57.8 Å². The van der Waals surface area contributed by atoms with E-state index in [0.29, 0.717) is 30.7 Å². The highest BCUT2D eigenvalue weighted by atomic mass is 19.4. The van der Waals surface area contributed by atoms with Crippen LogP contribution in [-0.4, -0.2) is 86.1 Å². The van der Waals surface area contributed by atoms with Crippen LogP contribution in [0.1, 0.15) is 12.6 Å². The van der Waals surface area contributed by atoms with Gasteiger partial charge in [-0.1, -0.05) is 0 Å². The number of alkyl halides is 3. The fraction of sp³-hybridized carbons (Fsp3) is 0.619. The first-order valence-corrected chi connectivity index (χ1v) is 10.5. The van der Waals surface area contributed by atoms with E-state index in [0.717, 1.165) is 26.2 Å². The summed E-state index contributed by atoms with van der Waals surface area (Å²) in [6.07, 6.45) is -1.90. The van der Waals surface area contributed by atoms with Crippen molar-refractivity contribution in [3.8, 4) is 0 Å². The first-order chi connectivity index (χ1) is 14.8. The highest BCUT2D eigenvalue weighted by molar-refractivity contribution is 5.92. The van der Waals surface area contributed by atoms with Gasteiger partial charge in [-0.25, -0.2) is 4.98 Å². The molecule has 0 saturated carbocycles. The number of anilines is 1. The summed E-state index contributed by atoms with van der Waals surface area (Å²) in [5, 5.41) is 3.87. The minimum absolute atomic E-state index is 0.0633. The van der Waals surface area contributed by atoms with Crippen molar-refractivity contribution in [3.63, 3.8) is 0 Å². The second-order valence-electron chi connectivity index (χ2n) is 8.28. The van der Waals surface area contributed by atoms with Gasteiger partial charge in [-0.05, 0) is 26.1 Å². The van der Waals surface area contributed by atoms with Gasteiger partial charge < -0.3 is 24.6 Å². The highest BCUT2D eigenvalue weighted by Gasteiger charge is 2.36. The van der Waals surface area contributed by atoms with Crippen LogP contribution in [0.15, 0.2) is 24.5 Å². The van der Waals surface area contributed by atoms with Crippen molar-refractivity contribution in [1.82, 2.24) is 20.2 Å². The molecule has 2 aromatic heterocycles. The lowest BCUT2D eigenvalue weighted by molar-refractivity contribution is -0.139. The average Bonchev–Trinajstić information content (AvgIpc) is 2.72. The third-order valence-electron chi connectivity index (χ3n) is 5.65. The van der Waals surface area contributed by atoms with Crippen LogP contribution >= 0.6 is 0 Å². The van der Waals surface area contributed by atoms with E-state index in [1.165, 1.54) is 12.4 Å². The predicted molar refractivity (Wildman–Crippen MR) is 111 cm³/mol. The maximum absolute atomic E-state index is 13.4. The van der Waals surface area contributed by atoms with Crippen molar-refractivity contribution in [2.24, 2.45) is 0 Å². The number of ether oxygens (including phenoxy) is 2. The number of pyridine rings is 2. The lowest BCUT2D eigenvalue weighted by atomic mass is 10.1. The van der Waals surface area contributed by atoms with Gasteiger partial charge in [0.15, 0.2) is 5.69 Å². The summed E-state index contributed by atoms with van der Waals surface area (Å²) in [6, 6.07) is 3.31. The van der Waals surface area contributed by atoms with Gasteiger partial charge in [0.25, 0.3) is 0 Å². The molecule has 1 unspecified atom stereocenters. The summed E-state index contributed by atoms with van der Waals surface area (Å²) in [5.41, 5.74) is -0.433. The second-order valence-corrected chi connectivity index (χ2v) is 8.28. The fourth-order valence-electron chi connectivity index (χ4n) is 4.27. The van der Waals surface area contributed by atoms with Gasteiger partial charge >= 0.3 is 6.18 Å². The molecule has 0 aliphatic carbocycles. The topological polar surface area (TPSA) is 62.8 Å². The van der Waals surface area contributed by atoms with Gasteiger partial charge in [0, 0.05) is 50.9 Å². The number of morpholine rings is 2. The van der Waals surface area contributed by atoms with Gasteiger partial charge in [0.2, 0.25) is 0 Å². The summed E-state index contributed by atoms with van der Waals surface area (Å²) in [7, 11) is 2.08. The second kappa shape index (κ2) is 9.23. The molecule has 0 radical (unpaired) electrons. The van der Waals surface area contributed by atoms with Crippen LogP contribution in [0.4, 0.5) is 18.9 Å². The molecule has 0 aromatic carbocycles. The van der Waals surface area contributed by atoms with E-state index < -0.39 is 11.9 Å². The van der Waals surface area contributed by atoms with Crippen molar-refractivity contribution < 1.29 is 22.6 Å². The van der Waals surface area contributed by atoms with Crippen molar-refractivity contribution >= 4 is 16.6 Å². The number of hydrogen-bond donors (Lipinski definition) is 1. The fourth-order valence-corrected chi connectivity index (χ4v) is 4.27. The van der Waals surface area contributed by atoms with Crippen LogP contribution in [0.5, 0.6) is 0 Å². The molecule has 31 heavy (non-hydrogen) atoms. The lowest BCUT2D eigenvalue weighted by Gasteiger charge is -2.39. The summed E-state index contributed by atoms with van der Waals surface area (Å²) in [5.74, 6) is 0. The lowest BCUT2D eigenvalue weighted by Crippen LogP contribution is -2.52. The minimum atomic E-state index is -4.55. The molecule has 170 valence electrons. The largest absolute Gasteiger partial charge is 0.435 e. The van der Waals surface area contributed by atoms with E-state index in [2.05, 4.69) is 27.2 Å². The number of rotatable bonds is 5. The van der Waals surface area contributed by atoms with Crippen LogP contribution in [0.25, 0.3) is 10.9 Å². The van der Waals surface area contributed by atoms with Gasteiger partial charge in [0.1, 0.15) is 5.52 Å². The number of likely N-dealkylation sites (N-methyl/N-ethyl adjacent to an activating group) is 1. The summed E-state index contributed by atoms with van der Waals surface area (Å²) < 4.78 is 52.0. The third-order valence-corrected chi connectivity index (χ3v) is 5.65. The Morgan fingerprint density at radius 1 is 1.16 bits per heavy atom. The Hall–Kier alpha value is -2.01. The van der Waals surface area contributed by atoms with Gasteiger partial charge in [-0.2, -0.15) is 13.2 Å². The minimum Gasteiger partial charge on any atom is -0.374 e. The first kappa shape index (κ1) is 22.2. The molecule has 1 N–H and O–H groups in total. The van der Waals surface area contributed by atoms with Gasteiger partial charge in [-0.3, -0.25) is 4.98 Å². The van der Waals surface area contributed by atoms with Crippen molar-refractivity contribution in [1.29, 1.82) is 0 Å². The molecule has 10 heteroatoms. The average molecular weight is 439 g/mol. The molecule has 4 heterocycles. The zero-order valence-electron chi connectivity index (χ0n) is 17.7. The zero-order valence-corrected chi connectivity index (χ0v) is 17.7. The number of hydrogen-bond acceptors (Lipinski definition) is 7. The van der Waals surface area contributed by atoms with E-state index in [1.807, 2.05) is 11.8 Å². The number of fused-ring (bicyclic) bond motifs is 1. The van der Waals surface area contributed by atoms with Crippen molar-refractivity contribution in [3.05, 3.63) is 30.2 Å². The molecular formula is C21H28F3N5O2. The Morgan fingerprint density at radius 3 is 2.74 bits per heavy atom. The normalized spacial score (nSPS) is 25.8. The monoisotopic (exact) mass is 439 g/mol. The van der Waals surface area contributed by atoms with Gasteiger partial charge in [-0.15, -0.1) is 0 Å².